The van der Waals surface area contributed by atoms with Crippen LogP contribution in [0.2, 0.25) is 0 Å². The number of nitrogens with zero attached hydrogens (tertiary/aromatic N) is 8. The fourth-order valence-corrected chi connectivity index (χ4v) is 5.60. The van der Waals surface area contributed by atoms with E-state index >= 15 is 0 Å². The van der Waals surface area contributed by atoms with Crippen molar-refractivity contribution in [1.29, 1.82) is 5.26 Å². The molecule has 4 aromatic rings. The molecule has 3 aromatic heterocycles. The van der Waals surface area contributed by atoms with Gasteiger partial charge in [-0.2, -0.15) is 10.2 Å². The van der Waals surface area contributed by atoms with Crippen LogP contribution in [0.5, 0.6) is 0 Å². The molecule has 1 amide bonds. The maximum atomic E-state index is 14.1. The molecule has 1 atom stereocenters. The highest BCUT2D eigenvalue weighted by Crippen LogP contribution is 2.24. The van der Waals surface area contributed by atoms with Gasteiger partial charge in [-0.05, 0) is 52.7 Å². The van der Waals surface area contributed by atoms with Crippen molar-refractivity contribution in [3.8, 4) is 17.9 Å². The van der Waals surface area contributed by atoms with E-state index in [1.165, 1.54) is 4.57 Å². The third kappa shape index (κ3) is 6.04. The maximum absolute atomic E-state index is 14.1. The van der Waals surface area contributed by atoms with E-state index in [-0.39, 0.29) is 36.7 Å². The Morgan fingerprint density at radius 2 is 1.93 bits per heavy atom. The number of anilines is 1. The molecule has 0 bridgehead atoms. The van der Waals surface area contributed by atoms with Crippen LogP contribution in [0, 0.1) is 23.2 Å². The summed E-state index contributed by atoms with van der Waals surface area (Å²) in [4.78, 5) is 51.7. The molecule has 0 aliphatic carbocycles. The summed E-state index contributed by atoms with van der Waals surface area (Å²) in [7, 11) is 1.59. The van der Waals surface area contributed by atoms with Crippen LogP contribution in [0.25, 0.3) is 22.2 Å². The number of hydrogen-bond donors (Lipinski definition) is 1. The van der Waals surface area contributed by atoms with E-state index in [1.54, 1.807) is 18.5 Å². The lowest BCUT2D eigenvalue weighted by Gasteiger charge is -2.34. The van der Waals surface area contributed by atoms with Crippen LogP contribution in [0.4, 0.5) is 10.7 Å². The van der Waals surface area contributed by atoms with Gasteiger partial charge in [0.25, 0.3) is 5.56 Å². The Kier molecular flexibility index (Phi) is 8.50. The van der Waals surface area contributed by atoms with Gasteiger partial charge in [-0.15, -0.1) is 5.92 Å². The van der Waals surface area contributed by atoms with Crippen molar-refractivity contribution in [3.63, 3.8) is 0 Å². The van der Waals surface area contributed by atoms with Gasteiger partial charge in [-0.3, -0.25) is 18.5 Å². The molecular weight excluding hydrogens is 562 g/mol. The summed E-state index contributed by atoms with van der Waals surface area (Å²) in [6, 6.07) is 9.49. The van der Waals surface area contributed by atoms with Gasteiger partial charge in [0.2, 0.25) is 5.95 Å². The standard InChI is InChI=1S/C31H37N9O4/c1-6-7-17-39-25-26(35-28(39)37-16-10-12-21(19-37)33-29(42)44-31(2,3)4)36(5)30(43)40(27(25)41)20-24-34-22-13-8-9-14-23(22)38(24)18-11-15-32/h8-9,13-14,21H,10-12,16-20H2,1-5H3,(H,33,42). The SMILES string of the molecule is CC#CCn1c(N2CCCC(NC(=O)OC(C)(C)C)C2)nc2c1c(=O)n(Cc1nc3ccccc3n1CCC#N)c(=O)n2C. The molecule has 1 unspecified atom stereocenters. The van der Waals surface area contributed by atoms with Crippen molar-refractivity contribution >= 4 is 34.2 Å². The normalized spacial score (nSPS) is 15.2. The van der Waals surface area contributed by atoms with E-state index in [1.807, 2.05) is 54.5 Å². The quantitative estimate of drug-likeness (QED) is 0.319. The largest absolute Gasteiger partial charge is 0.444 e. The number of benzene rings is 1. The molecule has 44 heavy (non-hydrogen) atoms. The number of rotatable bonds is 7. The van der Waals surface area contributed by atoms with Gasteiger partial charge in [0, 0.05) is 32.7 Å². The Bertz CT molecular complexity index is 1940. The smallest absolute Gasteiger partial charge is 0.407 e. The second-order valence-corrected chi connectivity index (χ2v) is 11.8. The van der Waals surface area contributed by atoms with Crippen LogP contribution in [0.1, 0.15) is 52.8 Å². The fraction of sp³-hybridized carbons (Fsp3) is 0.484. The average molecular weight is 600 g/mol. The Morgan fingerprint density at radius 3 is 2.66 bits per heavy atom. The molecule has 1 fully saturated rings. The molecule has 5 rings (SSSR count). The molecule has 0 spiro atoms. The van der Waals surface area contributed by atoms with Crippen molar-refractivity contribution in [2.75, 3.05) is 18.0 Å². The number of nitriles is 1. The number of fused-ring (bicyclic) bond motifs is 2. The van der Waals surface area contributed by atoms with Crippen molar-refractivity contribution in [2.24, 2.45) is 7.05 Å². The van der Waals surface area contributed by atoms with Gasteiger partial charge >= 0.3 is 11.8 Å². The molecule has 1 aliphatic heterocycles. The Hall–Kier alpha value is -5.04. The summed E-state index contributed by atoms with van der Waals surface area (Å²) in [5, 5.41) is 12.2. The molecule has 230 valence electrons. The van der Waals surface area contributed by atoms with Gasteiger partial charge < -0.3 is 19.5 Å². The van der Waals surface area contributed by atoms with Gasteiger partial charge in [0.1, 0.15) is 11.4 Å². The highest BCUT2D eigenvalue weighted by atomic mass is 16.6. The summed E-state index contributed by atoms with van der Waals surface area (Å²) in [5.41, 5.74) is 0.415. The molecule has 1 saturated heterocycles. The van der Waals surface area contributed by atoms with Gasteiger partial charge in [-0.1, -0.05) is 18.1 Å². The minimum atomic E-state index is -0.616. The lowest BCUT2D eigenvalue weighted by Crippen LogP contribution is -2.49. The topological polar surface area (TPSA) is 145 Å². The number of imidazole rings is 2. The molecule has 1 aliphatic rings. The maximum Gasteiger partial charge on any atom is 0.407 e. The van der Waals surface area contributed by atoms with Crippen LogP contribution in [-0.2, 0) is 31.4 Å². The number of piperidine rings is 1. The molecule has 13 nitrogen and oxygen atoms in total. The van der Waals surface area contributed by atoms with E-state index in [0.29, 0.717) is 31.4 Å². The van der Waals surface area contributed by atoms with E-state index < -0.39 is 22.9 Å². The lowest BCUT2D eigenvalue weighted by molar-refractivity contribution is 0.0499. The second-order valence-electron chi connectivity index (χ2n) is 11.8. The molecule has 4 heterocycles. The molecule has 13 heteroatoms. The van der Waals surface area contributed by atoms with Gasteiger partial charge in [0.05, 0.1) is 36.6 Å². The summed E-state index contributed by atoms with van der Waals surface area (Å²) >= 11 is 0. The van der Waals surface area contributed by atoms with Gasteiger partial charge in [-0.25, -0.2) is 14.6 Å². The van der Waals surface area contributed by atoms with Crippen molar-refractivity contribution in [1.82, 2.24) is 33.6 Å². The first-order valence-corrected chi connectivity index (χ1v) is 14.7. The number of aromatic nitrogens is 6. The van der Waals surface area contributed by atoms with E-state index in [0.717, 1.165) is 28.4 Å². The summed E-state index contributed by atoms with van der Waals surface area (Å²) in [6.45, 7) is 8.77. The number of carbonyl (C=O) groups excluding carboxylic acids is 1. The van der Waals surface area contributed by atoms with E-state index in [4.69, 9.17) is 14.7 Å². The molecular formula is C31H37N9O4. The summed E-state index contributed by atoms with van der Waals surface area (Å²) < 4.78 is 11.6. The summed E-state index contributed by atoms with van der Waals surface area (Å²) in [6.07, 6.45) is 1.32. The highest BCUT2D eigenvalue weighted by Gasteiger charge is 2.29. The van der Waals surface area contributed by atoms with Crippen LogP contribution in [0.15, 0.2) is 33.9 Å². The lowest BCUT2D eigenvalue weighted by atomic mass is 10.1. The summed E-state index contributed by atoms with van der Waals surface area (Å²) in [5.74, 6) is 6.95. The Morgan fingerprint density at radius 1 is 1.16 bits per heavy atom. The molecule has 1 aromatic carbocycles. The average Bonchev–Trinajstić information content (AvgIpc) is 3.53. The number of nitrogens with one attached hydrogen (secondary N) is 1. The second kappa shape index (κ2) is 12.3. The minimum absolute atomic E-state index is 0.0763. The van der Waals surface area contributed by atoms with Crippen LogP contribution in [-0.4, -0.2) is 59.1 Å². The predicted molar refractivity (Wildman–Crippen MR) is 166 cm³/mol. The van der Waals surface area contributed by atoms with E-state index in [2.05, 4.69) is 23.2 Å². The first-order chi connectivity index (χ1) is 21.0. The van der Waals surface area contributed by atoms with Crippen LogP contribution in [0.3, 0.4) is 0 Å². The zero-order valence-corrected chi connectivity index (χ0v) is 25.8. The number of ether oxygens (including phenoxy) is 1. The molecule has 1 N–H and O–H groups in total. The first-order valence-electron chi connectivity index (χ1n) is 14.7. The van der Waals surface area contributed by atoms with Gasteiger partial charge in [0.15, 0.2) is 11.2 Å². The highest BCUT2D eigenvalue weighted by molar-refractivity contribution is 5.76. The first kappa shape index (κ1) is 30.4. The van der Waals surface area contributed by atoms with Crippen molar-refractivity contribution in [2.45, 2.75) is 78.2 Å². The third-order valence-corrected chi connectivity index (χ3v) is 7.53. The predicted octanol–water partition coefficient (Wildman–Crippen LogP) is 2.73. The minimum Gasteiger partial charge on any atom is -0.444 e. The number of amides is 1. The fourth-order valence-electron chi connectivity index (χ4n) is 5.60. The Labute approximate surface area is 254 Å². The molecule has 0 saturated carbocycles. The third-order valence-electron chi connectivity index (χ3n) is 7.53. The number of aryl methyl sites for hydroxylation is 2. The van der Waals surface area contributed by atoms with Crippen LogP contribution < -0.4 is 21.5 Å². The zero-order valence-electron chi connectivity index (χ0n) is 25.8. The number of carbonyl (C=O) groups is 1. The number of hydrogen-bond acceptors (Lipinski definition) is 8. The monoisotopic (exact) mass is 599 g/mol. The zero-order chi connectivity index (χ0) is 31.6. The van der Waals surface area contributed by atoms with Crippen molar-refractivity contribution < 1.29 is 9.53 Å². The van der Waals surface area contributed by atoms with Crippen LogP contribution >= 0.6 is 0 Å². The van der Waals surface area contributed by atoms with E-state index in [9.17, 15) is 19.6 Å². The van der Waals surface area contributed by atoms with Crippen molar-refractivity contribution in [3.05, 3.63) is 50.9 Å². The Balaban J connectivity index is 1.57. The molecule has 0 radical (unpaired) electrons. The number of alkyl carbamates (subject to hydrolysis) is 1. The number of para-hydroxylation sites is 2.